The Hall–Kier alpha value is -2.20. The van der Waals surface area contributed by atoms with Gasteiger partial charge in [-0.1, -0.05) is 61.6 Å². The summed E-state index contributed by atoms with van der Waals surface area (Å²) >= 11 is 1.62. The highest BCUT2D eigenvalue weighted by Crippen LogP contribution is 2.20. The molecule has 0 bridgehead atoms. The van der Waals surface area contributed by atoms with Crippen LogP contribution in [0.3, 0.4) is 0 Å². The highest BCUT2D eigenvalue weighted by molar-refractivity contribution is 7.16. The normalized spacial score (nSPS) is 12.0. The molecule has 0 fully saturated rings. The van der Waals surface area contributed by atoms with Gasteiger partial charge in [0.25, 0.3) is 0 Å². The predicted molar refractivity (Wildman–Crippen MR) is 105 cm³/mol. The number of hydrogen-bond donors (Lipinski definition) is 0. The highest BCUT2D eigenvalue weighted by atomic mass is 32.1. The smallest absolute Gasteiger partial charge is 0.248 e. The third-order valence-corrected chi connectivity index (χ3v) is 5.33. The topological polar surface area (TPSA) is 34.4 Å². The van der Waals surface area contributed by atoms with Crippen LogP contribution in [-0.4, -0.2) is 10.5 Å². The molecule has 0 N–H and O–H groups in total. The van der Waals surface area contributed by atoms with E-state index in [1.54, 1.807) is 11.3 Å². The number of aromatic nitrogens is 1. The van der Waals surface area contributed by atoms with E-state index in [0.29, 0.717) is 6.42 Å². The zero-order valence-corrected chi connectivity index (χ0v) is 15.7. The van der Waals surface area contributed by atoms with E-state index in [1.807, 2.05) is 18.2 Å². The van der Waals surface area contributed by atoms with E-state index in [4.69, 9.17) is 0 Å². The summed E-state index contributed by atoms with van der Waals surface area (Å²) in [6.45, 7) is 5.20. The summed E-state index contributed by atoms with van der Waals surface area (Å²) in [4.78, 5) is 17.6. The van der Waals surface area contributed by atoms with Gasteiger partial charge in [0, 0.05) is 13.0 Å². The van der Waals surface area contributed by atoms with Crippen molar-refractivity contribution in [2.45, 2.75) is 46.1 Å². The summed E-state index contributed by atoms with van der Waals surface area (Å²) in [6, 6.07) is 16.7. The van der Waals surface area contributed by atoms with Crippen molar-refractivity contribution < 1.29 is 4.79 Å². The molecular weight excluding hydrogens is 328 g/mol. The first-order valence-electron chi connectivity index (χ1n) is 8.95. The molecule has 3 rings (SSSR count). The van der Waals surface area contributed by atoms with Crippen LogP contribution < -0.4 is 4.80 Å². The van der Waals surface area contributed by atoms with Gasteiger partial charge in [-0.3, -0.25) is 4.79 Å². The third-order valence-electron chi connectivity index (χ3n) is 4.29. The molecule has 2 aromatic carbocycles. The van der Waals surface area contributed by atoms with Crippen molar-refractivity contribution in [2.75, 3.05) is 0 Å². The summed E-state index contributed by atoms with van der Waals surface area (Å²) in [5.41, 5.74) is 3.68. The van der Waals surface area contributed by atoms with Gasteiger partial charge in [0.15, 0.2) is 4.80 Å². The van der Waals surface area contributed by atoms with E-state index in [2.05, 4.69) is 53.7 Å². The Bertz CT molecular complexity index is 922. The Kier molecular flexibility index (Phi) is 5.82. The molecule has 3 aromatic rings. The van der Waals surface area contributed by atoms with Crippen LogP contribution in [-0.2, 0) is 24.2 Å². The molecule has 130 valence electrons. The minimum Gasteiger partial charge on any atom is -0.316 e. The Morgan fingerprint density at radius 3 is 2.60 bits per heavy atom. The maximum atomic E-state index is 12.4. The van der Waals surface area contributed by atoms with E-state index in [0.717, 1.165) is 30.6 Å². The maximum Gasteiger partial charge on any atom is 0.248 e. The van der Waals surface area contributed by atoms with Crippen LogP contribution in [0.4, 0.5) is 0 Å². The van der Waals surface area contributed by atoms with E-state index in [9.17, 15) is 4.79 Å². The van der Waals surface area contributed by atoms with Crippen molar-refractivity contribution >= 4 is 27.5 Å². The Balaban J connectivity index is 1.88. The largest absolute Gasteiger partial charge is 0.316 e. The van der Waals surface area contributed by atoms with Gasteiger partial charge in [-0.05, 0) is 42.5 Å². The molecule has 1 aromatic heterocycles. The highest BCUT2D eigenvalue weighted by Gasteiger charge is 2.08. The first-order chi connectivity index (χ1) is 12.2. The fourth-order valence-corrected chi connectivity index (χ4v) is 4.06. The van der Waals surface area contributed by atoms with Crippen molar-refractivity contribution in [3.05, 3.63) is 64.5 Å². The van der Waals surface area contributed by atoms with Gasteiger partial charge in [0.05, 0.1) is 10.2 Å². The number of carbonyl (C=O) groups is 1. The average molecular weight is 353 g/mol. The standard InChI is InChI=1S/C21H24N2OS/c1-3-14-23-18-12-10-16(4-2)15-19(18)25-21(23)22-20(24)13-11-17-8-6-5-7-9-17/h5-10,12,15H,3-4,11,13-14H2,1-2H3. The lowest BCUT2D eigenvalue weighted by Crippen LogP contribution is -2.17. The molecule has 0 atom stereocenters. The van der Waals surface area contributed by atoms with E-state index in [-0.39, 0.29) is 5.91 Å². The lowest BCUT2D eigenvalue weighted by molar-refractivity contribution is -0.118. The number of nitrogens with zero attached hydrogens (tertiary/aromatic N) is 2. The van der Waals surface area contributed by atoms with Crippen molar-refractivity contribution in [1.29, 1.82) is 0 Å². The summed E-state index contributed by atoms with van der Waals surface area (Å²) in [5, 5.41) is 0. The molecule has 0 saturated heterocycles. The average Bonchev–Trinajstić information content (AvgIpc) is 2.97. The zero-order chi connectivity index (χ0) is 17.6. The molecule has 0 aliphatic carbocycles. The van der Waals surface area contributed by atoms with Crippen LogP contribution in [0.25, 0.3) is 10.2 Å². The molecule has 1 heterocycles. The number of benzene rings is 2. The van der Waals surface area contributed by atoms with Crippen molar-refractivity contribution in [2.24, 2.45) is 4.99 Å². The molecule has 3 nitrogen and oxygen atoms in total. The van der Waals surface area contributed by atoms with Gasteiger partial charge in [0.2, 0.25) is 5.91 Å². The molecule has 0 radical (unpaired) electrons. The quantitative estimate of drug-likeness (QED) is 0.631. The van der Waals surface area contributed by atoms with Gasteiger partial charge in [0.1, 0.15) is 0 Å². The molecule has 1 amide bonds. The summed E-state index contributed by atoms with van der Waals surface area (Å²) in [6.07, 6.45) is 3.23. The first kappa shape index (κ1) is 17.6. The van der Waals surface area contributed by atoms with Gasteiger partial charge in [-0.2, -0.15) is 4.99 Å². The Morgan fingerprint density at radius 1 is 1.08 bits per heavy atom. The summed E-state index contributed by atoms with van der Waals surface area (Å²) in [5.74, 6) is -0.0454. The number of fused-ring (bicyclic) bond motifs is 1. The van der Waals surface area contributed by atoms with Crippen LogP contribution in [0.2, 0.25) is 0 Å². The number of hydrogen-bond acceptors (Lipinski definition) is 2. The second-order valence-corrected chi connectivity index (χ2v) is 7.19. The van der Waals surface area contributed by atoms with E-state index in [1.165, 1.54) is 21.3 Å². The fraction of sp³-hybridized carbons (Fsp3) is 0.333. The SMILES string of the molecule is CCCn1c(=NC(=O)CCc2ccccc2)sc2cc(CC)ccc21. The van der Waals surface area contributed by atoms with Gasteiger partial charge >= 0.3 is 0 Å². The fourth-order valence-electron chi connectivity index (χ4n) is 2.92. The van der Waals surface area contributed by atoms with Crippen LogP contribution in [0.1, 0.15) is 37.8 Å². The second-order valence-electron chi connectivity index (χ2n) is 6.18. The summed E-state index contributed by atoms with van der Waals surface area (Å²) in [7, 11) is 0. The van der Waals surface area contributed by atoms with Gasteiger partial charge in [-0.15, -0.1) is 0 Å². The van der Waals surface area contributed by atoms with E-state index >= 15 is 0 Å². The number of thiazole rings is 1. The molecule has 0 unspecified atom stereocenters. The monoisotopic (exact) mass is 352 g/mol. The van der Waals surface area contributed by atoms with Crippen LogP contribution >= 0.6 is 11.3 Å². The molecule has 4 heteroatoms. The van der Waals surface area contributed by atoms with Crippen molar-refractivity contribution in [1.82, 2.24) is 4.57 Å². The molecule has 0 saturated carbocycles. The number of aryl methyl sites for hydroxylation is 3. The van der Waals surface area contributed by atoms with E-state index < -0.39 is 0 Å². The van der Waals surface area contributed by atoms with Gasteiger partial charge in [-0.25, -0.2) is 0 Å². The third kappa shape index (κ3) is 4.26. The summed E-state index contributed by atoms with van der Waals surface area (Å²) < 4.78 is 3.39. The lowest BCUT2D eigenvalue weighted by Gasteiger charge is -2.03. The van der Waals surface area contributed by atoms with Crippen molar-refractivity contribution in [3.63, 3.8) is 0 Å². The number of rotatable bonds is 6. The van der Waals surface area contributed by atoms with Gasteiger partial charge < -0.3 is 4.57 Å². The maximum absolute atomic E-state index is 12.4. The van der Waals surface area contributed by atoms with Crippen LogP contribution in [0.15, 0.2) is 53.5 Å². The molecule has 0 aliphatic heterocycles. The molecular formula is C21H24N2OS. The number of carbonyl (C=O) groups excluding carboxylic acids is 1. The number of amides is 1. The lowest BCUT2D eigenvalue weighted by atomic mass is 10.1. The Labute approximate surface area is 152 Å². The van der Waals surface area contributed by atoms with Crippen LogP contribution in [0.5, 0.6) is 0 Å². The van der Waals surface area contributed by atoms with Crippen molar-refractivity contribution in [3.8, 4) is 0 Å². The second kappa shape index (κ2) is 8.26. The first-order valence-corrected chi connectivity index (χ1v) is 9.76. The minimum absolute atomic E-state index is 0.0454. The minimum atomic E-state index is -0.0454. The zero-order valence-electron chi connectivity index (χ0n) is 14.9. The molecule has 0 aliphatic rings. The molecule has 0 spiro atoms. The predicted octanol–water partition coefficient (Wildman–Crippen LogP) is 4.74. The Morgan fingerprint density at radius 2 is 1.88 bits per heavy atom. The molecule has 25 heavy (non-hydrogen) atoms. The van der Waals surface area contributed by atoms with Crippen LogP contribution in [0, 0.1) is 0 Å².